The molecule has 0 amide bonds. The molecule has 1 heterocycles. The summed E-state index contributed by atoms with van der Waals surface area (Å²) >= 11 is 1.85. The van der Waals surface area contributed by atoms with Crippen LogP contribution in [0.3, 0.4) is 0 Å². The Morgan fingerprint density at radius 2 is 1.79 bits per heavy atom. The molecule has 1 atom stereocenters. The minimum atomic E-state index is 0.401. The second kappa shape index (κ2) is 6.88. The van der Waals surface area contributed by atoms with Crippen molar-refractivity contribution in [1.29, 1.82) is 0 Å². The molecule has 2 aromatic rings. The molecule has 0 aliphatic carbocycles. The lowest BCUT2D eigenvalue weighted by atomic mass is 10.0. The van der Waals surface area contributed by atoms with Crippen LogP contribution < -0.4 is 5.32 Å². The summed E-state index contributed by atoms with van der Waals surface area (Å²) in [6.45, 7) is 7.62. The number of rotatable bonds is 6. The van der Waals surface area contributed by atoms with E-state index in [0.717, 1.165) is 19.4 Å². The summed E-state index contributed by atoms with van der Waals surface area (Å²) in [7, 11) is 0. The van der Waals surface area contributed by atoms with Crippen molar-refractivity contribution in [3.63, 3.8) is 0 Å². The van der Waals surface area contributed by atoms with E-state index in [1.54, 1.807) is 0 Å². The molecule has 1 aromatic carbocycles. The van der Waals surface area contributed by atoms with Crippen LogP contribution in [0.5, 0.6) is 0 Å². The van der Waals surface area contributed by atoms with Gasteiger partial charge in [0.1, 0.15) is 0 Å². The molecule has 19 heavy (non-hydrogen) atoms. The van der Waals surface area contributed by atoms with Crippen molar-refractivity contribution < 1.29 is 0 Å². The predicted molar refractivity (Wildman–Crippen MR) is 84.8 cm³/mol. The smallest absolute Gasteiger partial charge is 0.0308 e. The molecule has 0 aliphatic heterocycles. The Morgan fingerprint density at radius 3 is 2.42 bits per heavy atom. The van der Waals surface area contributed by atoms with Gasteiger partial charge in [-0.15, -0.1) is 11.3 Å². The Bertz CT molecular complexity index is 498. The maximum Gasteiger partial charge on any atom is 0.0308 e. The number of hydrogen-bond donors (Lipinski definition) is 1. The summed E-state index contributed by atoms with van der Waals surface area (Å²) in [4.78, 5) is 1.47. The minimum absolute atomic E-state index is 0.401. The number of thiophene rings is 1. The third-order valence-corrected chi connectivity index (χ3v) is 4.64. The molecule has 0 spiro atoms. The monoisotopic (exact) mass is 273 g/mol. The average molecular weight is 273 g/mol. The van der Waals surface area contributed by atoms with Crippen molar-refractivity contribution in [3.8, 4) is 0 Å². The average Bonchev–Trinajstić information content (AvgIpc) is 2.92. The largest absolute Gasteiger partial charge is 0.305 e. The highest BCUT2D eigenvalue weighted by Gasteiger charge is 2.07. The molecule has 1 N–H and O–H groups in total. The molecular formula is C17H23NS. The van der Waals surface area contributed by atoms with Crippen molar-refractivity contribution in [3.05, 3.63) is 57.3 Å². The van der Waals surface area contributed by atoms with Crippen molar-refractivity contribution in [1.82, 2.24) is 5.32 Å². The van der Waals surface area contributed by atoms with Gasteiger partial charge in [0.25, 0.3) is 0 Å². The Hall–Kier alpha value is -1.12. The Balaban J connectivity index is 1.95. The zero-order valence-corrected chi connectivity index (χ0v) is 12.9. The Labute approximate surface area is 120 Å². The van der Waals surface area contributed by atoms with Gasteiger partial charge in [0.2, 0.25) is 0 Å². The van der Waals surface area contributed by atoms with Crippen LogP contribution in [0.1, 0.15) is 48.4 Å². The molecule has 0 fully saturated rings. The fourth-order valence-corrected chi connectivity index (χ4v) is 3.17. The Kier molecular flexibility index (Phi) is 5.17. The third kappa shape index (κ3) is 3.68. The summed E-state index contributed by atoms with van der Waals surface area (Å²) in [6, 6.07) is 11.6. The van der Waals surface area contributed by atoms with Gasteiger partial charge >= 0.3 is 0 Å². The first-order chi connectivity index (χ1) is 9.24. The lowest BCUT2D eigenvalue weighted by Crippen LogP contribution is -2.18. The first kappa shape index (κ1) is 14.3. The van der Waals surface area contributed by atoms with Gasteiger partial charge in [-0.25, -0.2) is 0 Å². The highest BCUT2D eigenvalue weighted by Crippen LogP contribution is 2.19. The molecule has 1 aromatic heterocycles. The molecule has 1 unspecified atom stereocenters. The van der Waals surface area contributed by atoms with E-state index in [9.17, 15) is 0 Å². The SMILES string of the molecule is CCc1ccc(C(C)NCc2sccc2CC)cc1. The molecule has 102 valence electrons. The van der Waals surface area contributed by atoms with Gasteiger partial charge in [-0.1, -0.05) is 38.1 Å². The lowest BCUT2D eigenvalue weighted by molar-refractivity contribution is 0.577. The first-order valence-corrected chi connectivity index (χ1v) is 8.00. The minimum Gasteiger partial charge on any atom is -0.305 e. The van der Waals surface area contributed by atoms with E-state index in [-0.39, 0.29) is 0 Å². The quantitative estimate of drug-likeness (QED) is 0.802. The van der Waals surface area contributed by atoms with E-state index in [1.807, 2.05) is 11.3 Å². The van der Waals surface area contributed by atoms with Crippen LogP contribution >= 0.6 is 11.3 Å². The first-order valence-electron chi connectivity index (χ1n) is 7.12. The number of benzene rings is 1. The summed E-state index contributed by atoms with van der Waals surface area (Å²) in [5, 5.41) is 5.81. The molecule has 2 rings (SSSR count). The molecule has 0 saturated carbocycles. The third-order valence-electron chi connectivity index (χ3n) is 3.68. The number of aryl methyl sites for hydroxylation is 2. The molecule has 0 radical (unpaired) electrons. The highest BCUT2D eigenvalue weighted by molar-refractivity contribution is 7.10. The van der Waals surface area contributed by atoms with Gasteiger partial charge in [0, 0.05) is 17.5 Å². The van der Waals surface area contributed by atoms with Gasteiger partial charge in [-0.2, -0.15) is 0 Å². The fraction of sp³-hybridized carbons (Fsp3) is 0.412. The summed E-state index contributed by atoms with van der Waals surface area (Å²) in [5.41, 5.74) is 4.25. The van der Waals surface area contributed by atoms with Crippen LogP contribution in [0.15, 0.2) is 35.7 Å². The second-order valence-electron chi connectivity index (χ2n) is 4.92. The molecule has 0 saturated heterocycles. The topological polar surface area (TPSA) is 12.0 Å². The van der Waals surface area contributed by atoms with Crippen LogP contribution in [0.2, 0.25) is 0 Å². The molecular weight excluding hydrogens is 250 g/mol. The molecule has 2 heteroatoms. The zero-order chi connectivity index (χ0) is 13.7. The van der Waals surface area contributed by atoms with Crippen LogP contribution in [0, 0.1) is 0 Å². The maximum atomic E-state index is 3.62. The molecule has 0 bridgehead atoms. The van der Waals surface area contributed by atoms with E-state index < -0.39 is 0 Å². The van der Waals surface area contributed by atoms with E-state index in [0.29, 0.717) is 6.04 Å². The van der Waals surface area contributed by atoms with Crippen molar-refractivity contribution in [2.75, 3.05) is 0 Å². The van der Waals surface area contributed by atoms with Gasteiger partial charge in [0.15, 0.2) is 0 Å². The molecule has 1 nitrogen and oxygen atoms in total. The highest BCUT2D eigenvalue weighted by atomic mass is 32.1. The number of nitrogens with one attached hydrogen (secondary N) is 1. The van der Waals surface area contributed by atoms with Crippen molar-refractivity contribution in [2.24, 2.45) is 0 Å². The van der Waals surface area contributed by atoms with Crippen LogP contribution in [0.4, 0.5) is 0 Å². The maximum absolute atomic E-state index is 3.62. The van der Waals surface area contributed by atoms with Crippen LogP contribution in [0.25, 0.3) is 0 Å². The van der Waals surface area contributed by atoms with E-state index in [2.05, 4.69) is 61.8 Å². The van der Waals surface area contributed by atoms with Gasteiger partial charge in [0.05, 0.1) is 0 Å². The van der Waals surface area contributed by atoms with Crippen molar-refractivity contribution in [2.45, 2.75) is 46.2 Å². The lowest BCUT2D eigenvalue weighted by Gasteiger charge is -2.14. The van der Waals surface area contributed by atoms with Crippen molar-refractivity contribution >= 4 is 11.3 Å². The van der Waals surface area contributed by atoms with E-state index in [1.165, 1.54) is 21.6 Å². The standard InChI is InChI=1S/C17H23NS/c1-4-14-6-8-16(9-7-14)13(3)18-12-17-15(5-2)10-11-19-17/h6-11,13,18H,4-5,12H2,1-3H3. The normalized spacial score (nSPS) is 12.6. The van der Waals surface area contributed by atoms with E-state index in [4.69, 9.17) is 0 Å². The van der Waals surface area contributed by atoms with E-state index >= 15 is 0 Å². The van der Waals surface area contributed by atoms with Gasteiger partial charge in [-0.05, 0) is 47.9 Å². The molecule has 0 aliphatic rings. The van der Waals surface area contributed by atoms with Crippen LogP contribution in [-0.4, -0.2) is 0 Å². The summed E-state index contributed by atoms with van der Waals surface area (Å²) in [6.07, 6.45) is 2.23. The predicted octanol–water partition coefficient (Wildman–Crippen LogP) is 4.72. The van der Waals surface area contributed by atoms with Crippen LogP contribution in [-0.2, 0) is 19.4 Å². The van der Waals surface area contributed by atoms with Gasteiger partial charge in [-0.3, -0.25) is 0 Å². The summed E-state index contributed by atoms with van der Waals surface area (Å²) in [5.74, 6) is 0. The second-order valence-corrected chi connectivity index (χ2v) is 5.92. The zero-order valence-electron chi connectivity index (χ0n) is 12.1. The summed E-state index contributed by atoms with van der Waals surface area (Å²) < 4.78 is 0. The number of hydrogen-bond acceptors (Lipinski definition) is 2. The fourth-order valence-electron chi connectivity index (χ4n) is 2.24. The van der Waals surface area contributed by atoms with Gasteiger partial charge < -0.3 is 5.32 Å². The Morgan fingerprint density at radius 1 is 1.05 bits per heavy atom.